The van der Waals surface area contributed by atoms with Gasteiger partial charge in [-0.2, -0.15) is 4.98 Å². The molecular formula is C26H27N5O3. The van der Waals surface area contributed by atoms with Gasteiger partial charge in [0.05, 0.1) is 7.11 Å². The number of amides is 1. The highest BCUT2D eigenvalue weighted by molar-refractivity contribution is 5.98. The minimum absolute atomic E-state index is 0.00730. The number of methoxy groups -OCH3 is 1. The smallest absolute Gasteiger partial charge is 0.263 e. The molecule has 1 amide bonds. The van der Waals surface area contributed by atoms with Crippen molar-refractivity contribution in [3.63, 3.8) is 0 Å². The van der Waals surface area contributed by atoms with Crippen LogP contribution in [0.15, 0.2) is 65.4 Å². The Bertz CT molecular complexity index is 1250. The third kappa shape index (κ3) is 4.57. The molecule has 1 N–H and O–H groups in total. The number of piperidine rings is 1. The Morgan fingerprint density at radius 1 is 1.09 bits per heavy atom. The van der Waals surface area contributed by atoms with E-state index in [2.05, 4.69) is 37.5 Å². The molecule has 8 nitrogen and oxygen atoms in total. The molecular weight excluding hydrogens is 430 g/mol. The van der Waals surface area contributed by atoms with Crippen molar-refractivity contribution in [1.29, 1.82) is 0 Å². The Balaban J connectivity index is 1.25. The minimum atomic E-state index is 0.00730. The van der Waals surface area contributed by atoms with Crippen LogP contribution in [0.3, 0.4) is 0 Å². The van der Waals surface area contributed by atoms with E-state index in [1.54, 1.807) is 7.11 Å². The maximum absolute atomic E-state index is 12.7. The standard InChI is InChI=1S/C26H27N5O3/c1-33-21-9-7-19(8-10-21)23-22-24(28-17-29-26(22)34-30-23)31-15-12-20(13-16-31)25(32)27-14-11-18-5-3-2-4-6-18/h2-10,17,20H,11-16H2,1H3,(H,27,32). The lowest BCUT2D eigenvalue weighted by Crippen LogP contribution is -2.41. The van der Waals surface area contributed by atoms with Crippen molar-refractivity contribution in [2.75, 3.05) is 31.6 Å². The van der Waals surface area contributed by atoms with E-state index in [1.807, 2.05) is 42.5 Å². The maximum atomic E-state index is 12.7. The van der Waals surface area contributed by atoms with Gasteiger partial charge in [-0.3, -0.25) is 4.79 Å². The van der Waals surface area contributed by atoms with E-state index in [4.69, 9.17) is 9.26 Å². The molecule has 0 unspecified atom stereocenters. The molecule has 3 heterocycles. The number of fused-ring (bicyclic) bond motifs is 1. The second kappa shape index (κ2) is 9.91. The Hall–Kier alpha value is -3.94. The first-order valence-electron chi connectivity index (χ1n) is 11.5. The van der Waals surface area contributed by atoms with Crippen LogP contribution in [0, 0.1) is 5.92 Å². The van der Waals surface area contributed by atoms with Crippen LogP contribution in [-0.4, -0.2) is 47.8 Å². The van der Waals surface area contributed by atoms with Gasteiger partial charge < -0.3 is 19.5 Å². The van der Waals surface area contributed by atoms with E-state index in [-0.39, 0.29) is 11.8 Å². The van der Waals surface area contributed by atoms with E-state index in [1.165, 1.54) is 11.9 Å². The summed E-state index contributed by atoms with van der Waals surface area (Å²) >= 11 is 0. The third-order valence-corrected chi connectivity index (χ3v) is 6.34. The number of carbonyl (C=O) groups is 1. The van der Waals surface area contributed by atoms with Gasteiger partial charge in [0.15, 0.2) is 0 Å². The molecule has 5 rings (SSSR count). The molecule has 0 atom stereocenters. The maximum Gasteiger partial charge on any atom is 0.263 e. The molecule has 0 saturated carbocycles. The van der Waals surface area contributed by atoms with Crippen molar-refractivity contribution in [3.8, 4) is 17.0 Å². The number of rotatable bonds is 7. The summed E-state index contributed by atoms with van der Waals surface area (Å²) in [6, 6.07) is 17.9. The van der Waals surface area contributed by atoms with Crippen LogP contribution in [0.1, 0.15) is 18.4 Å². The van der Waals surface area contributed by atoms with Crippen molar-refractivity contribution in [2.24, 2.45) is 5.92 Å². The van der Waals surface area contributed by atoms with Crippen LogP contribution in [0.5, 0.6) is 5.75 Å². The number of aromatic nitrogens is 3. The fourth-order valence-electron chi connectivity index (χ4n) is 4.43. The number of nitrogens with one attached hydrogen (secondary N) is 1. The van der Waals surface area contributed by atoms with Gasteiger partial charge >= 0.3 is 0 Å². The molecule has 2 aromatic heterocycles. The molecule has 1 aliphatic rings. The lowest BCUT2D eigenvalue weighted by Gasteiger charge is -2.32. The SMILES string of the molecule is COc1ccc(-c2noc3ncnc(N4CCC(C(=O)NCCc5ccccc5)CC4)c23)cc1. The molecule has 0 spiro atoms. The molecule has 1 aliphatic heterocycles. The number of ether oxygens (including phenoxy) is 1. The number of hydrogen-bond acceptors (Lipinski definition) is 7. The van der Waals surface area contributed by atoms with Crippen molar-refractivity contribution in [3.05, 3.63) is 66.5 Å². The fraction of sp³-hybridized carbons (Fsp3) is 0.308. The Morgan fingerprint density at radius 3 is 2.59 bits per heavy atom. The second-order valence-corrected chi connectivity index (χ2v) is 8.43. The molecule has 0 radical (unpaired) electrons. The molecule has 4 aromatic rings. The summed E-state index contributed by atoms with van der Waals surface area (Å²) < 4.78 is 10.8. The normalized spacial score (nSPS) is 14.3. The number of benzene rings is 2. The van der Waals surface area contributed by atoms with E-state index in [9.17, 15) is 4.79 Å². The van der Waals surface area contributed by atoms with E-state index < -0.39 is 0 Å². The van der Waals surface area contributed by atoms with Gasteiger partial charge in [0.1, 0.15) is 29.0 Å². The molecule has 34 heavy (non-hydrogen) atoms. The zero-order valence-corrected chi connectivity index (χ0v) is 19.1. The van der Waals surface area contributed by atoms with Crippen molar-refractivity contribution < 1.29 is 14.1 Å². The molecule has 1 saturated heterocycles. The van der Waals surface area contributed by atoms with Crippen molar-refractivity contribution in [1.82, 2.24) is 20.4 Å². The topological polar surface area (TPSA) is 93.4 Å². The van der Waals surface area contributed by atoms with E-state index >= 15 is 0 Å². The van der Waals surface area contributed by atoms with Gasteiger partial charge in [0, 0.05) is 31.1 Å². The quantitative estimate of drug-likeness (QED) is 0.450. The summed E-state index contributed by atoms with van der Waals surface area (Å²) in [7, 11) is 1.64. The minimum Gasteiger partial charge on any atom is -0.497 e. The van der Waals surface area contributed by atoms with Crippen LogP contribution in [0.2, 0.25) is 0 Å². The van der Waals surface area contributed by atoms with Gasteiger partial charge in [0.2, 0.25) is 5.91 Å². The zero-order valence-electron chi connectivity index (χ0n) is 19.1. The Morgan fingerprint density at radius 2 is 1.85 bits per heavy atom. The molecule has 2 aromatic carbocycles. The lowest BCUT2D eigenvalue weighted by atomic mass is 9.95. The third-order valence-electron chi connectivity index (χ3n) is 6.34. The number of carbonyl (C=O) groups excluding carboxylic acids is 1. The van der Waals surface area contributed by atoms with Crippen LogP contribution in [0.25, 0.3) is 22.4 Å². The molecule has 1 fully saturated rings. The van der Waals surface area contributed by atoms with Gasteiger partial charge in [-0.25, -0.2) is 4.98 Å². The lowest BCUT2D eigenvalue weighted by molar-refractivity contribution is -0.125. The molecule has 174 valence electrons. The van der Waals surface area contributed by atoms with Crippen molar-refractivity contribution in [2.45, 2.75) is 19.3 Å². The highest BCUT2D eigenvalue weighted by Crippen LogP contribution is 2.35. The first kappa shape index (κ1) is 21.9. The van der Waals surface area contributed by atoms with Crippen LogP contribution in [-0.2, 0) is 11.2 Å². The molecule has 0 aliphatic carbocycles. The summed E-state index contributed by atoms with van der Waals surface area (Å²) in [6.07, 6.45) is 3.88. The van der Waals surface area contributed by atoms with Gasteiger partial charge in [-0.15, -0.1) is 0 Å². The van der Waals surface area contributed by atoms with Crippen molar-refractivity contribution >= 4 is 22.8 Å². The largest absolute Gasteiger partial charge is 0.497 e. The summed E-state index contributed by atoms with van der Waals surface area (Å²) in [5.41, 5.74) is 3.29. The Kier molecular flexibility index (Phi) is 6.38. The second-order valence-electron chi connectivity index (χ2n) is 8.43. The first-order chi connectivity index (χ1) is 16.7. The number of hydrogen-bond donors (Lipinski definition) is 1. The summed E-state index contributed by atoms with van der Waals surface area (Å²) in [5.74, 6) is 1.71. The van der Waals surface area contributed by atoms with Crippen LogP contribution >= 0.6 is 0 Å². The highest BCUT2D eigenvalue weighted by Gasteiger charge is 2.28. The fourth-order valence-corrected chi connectivity index (χ4v) is 4.43. The number of anilines is 1. The monoisotopic (exact) mass is 457 g/mol. The zero-order chi connectivity index (χ0) is 23.3. The summed E-state index contributed by atoms with van der Waals surface area (Å²) in [4.78, 5) is 23.7. The summed E-state index contributed by atoms with van der Waals surface area (Å²) in [5, 5.41) is 8.16. The highest BCUT2D eigenvalue weighted by atomic mass is 16.5. The van der Waals surface area contributed by atoms with E-state index in [0.29, 0.717) is 18.0 Å². The average molecular weight is 458 g/mol. The molecule has 8 heteroatoms. The summed E-state index contributed by atoms with van der Waals surface area (Å²) in [6.45, 7) is 2.12. The first-order valence-corrected chi connectivity index (χ1v) is 11.5. The van der Waals surface area contributed by atoms with Gasteiger partial charge in [-0.05, 0) is 49.1 Å². The Labute approximate surface area is 197 Å². The number of nitrogens with zero attached hydrogens (tertiary/aromatic N) is 4. The van der Waals surface area contributed by atoms with Crippen LogP contribution < -0.4 is 15.0 Å². The average Bonchev–Trinajstić information content (AvgIpc) is 3.34. The van der Waals surface area contributed by atoms with Crippen LogP contribution in [0.4, 0.5) is 5.82 Å². The van der Waals surface area contributed by atoms with Gasteiger partial charge in [-0.1, -0.05) is 35.5 Å². The van der Waals surface area contributed by atoms with Gasteiger partial charge in [0.25, 0.3) is 5.71 Å². The predicted molar refractivity (Wildman–Crippen MR) is 130 cm³/mol. The predicted octanol–water partition coefficient (Wildman–Crippen LogP) is 3.87. The van der Waals surface area contributed by atoms with E-state index in [0.717, 1.165) is 54.9 Å². The molecule has 0 bridgehead atoms.